The lowest BCUT2D eigenvalue weighted by Crippen LogP contribution is -2.30. The summed E-state index contributed by atoms with van der Waals surface area (Å²) >= 11 is 0. The molecule has 0 fully saturated rings. The quantitative estimate of drug-likeness (QED) is 0.254. The van der Waals surface area contributed by atoms with Gasteiger partial charge in [0, 0.05) is 34.4 Å². The van der Waals surface area contributed by atoms with Crippen molar-refractivity contribution >= 4 is 17.4 Å². The Kier molecular flexibility index (Phi) is 8.03. The van der Waals surface area contributed by atoms with Gasteiger partial charge in [-0.05, 0) is 22.8 Å². The number of Topliss-reactive ketones (excluding diaryl/α,β-unsaturated/α-hetero) is 1. The molecule has 188 valence electrons. The van der Waals surface area contributed by atoms with Gasteiger partial charge in [0.05, 0.1) is 0 Å². The zero-order valence-corrected chi connectivity index (χ0v) is 22.0. The summed E-state index contributed by atoms with van der Waals surface area (Å²) in [5.74, 6) is -0.587. The molecule has 0 aliphatic carbocycles. The lowest BCUT2D eigenvalue weighted by Gasteiger charge is -2.34. The van der Waals surface area contributed by atoms with Gasteiger partial charge in [-0.2, -0.15) is 0 Å². The van der Waals surface area contributed by atoms with E-state index in [2.05, 4.69) is 35.6 Å². The summed E-state index contributed by atoms with van der Waals surface area (Å²) < 4.78 is 0. The maximum Gasteiger partial charge on any atom is 0.229 e. The van der Waals surface area contributed by atoms with E-state index in [4.69, 9.17) is 0 Å². The van der Waals surface area contributed by atoms with E-state index >= 15 is 0 Å². The molecule has 0 heterocycles. The summed E-state index contributed by atoms with van der Waals surface area (Å²) in [6, 6.07) is 38.0. The molecule has 0 radical (unpaired) electrons. The average Bonchev–Trinajstić information content (AvgIpc) is 2.92. The van der Waals surface area contributed by atoms with Crippen LogP contribution in [0.2, 0.25) is 0 Å². The monoisotopic (exact) mass is 489 g/mol. The first-order valence-corrected chi connectivity index (χ1v) is 12.9. The largest absolute Gasteiger partial charge is 0.325 e. The molecule has 0 aromatic heterocycles. The molecule has 0 saturated carbocycles. The van der Waals surface area contributed by atoms with E-state index < -0.39 is 5.41 Å². The standard InChI is InChI=1S/C34H35NO2/c1-24(32(36)27-20-12-7-13-21-27)30(25-16-8-5-9-17-25)31(26-18-10-6-11-19-26)28-22-14-15-23-29(28)35-33(37)34(2,3)4/h5-24,30-31H,1-4H3,(H,35,37)/t24-,30-,31+/m1/s1. The molecule has 1 amide bonds. The van der Waals surface area contributed by atoms with Gasteiger partial charge in [-0.3, -0.25) is 9.59 Å². The molecular weight excluding hydrogens is 454 g/mol. The Morgan fingerprint density at radius 3 is 1.70 bits per heavy atom. The number of nitrogens with one attached hydrogen (secondary N) is 1. The second-order valence-corrected chi connectivity index (χ2v) is 10.6. The van der Waals surface area contributed by atoms with Crippen LogP contribution in [0, 0.1) is 11.3 Å². The Labute approximate surface area is 220 Å². The maximum atomic E-state index is 13.9. The smallest absolute Gasteiger partial charge is 0.229 e. The number of carbonyl (C=O) groups is 2. The Bertz CT molecular complexity index is 1320. The Balaban J connectivity index is 1.90. The van der Waals surface area contributed by atoms with Crippen molar-refractivity contribution < 1.29 is 9.59 Å². The highest BCUT2D eigenvalue weighted by atomic mass is 16.2. The van der Waals surface area contributed by atoms with Crippen molar-refractivity contribution in [3.8, 4) is 0 Å². The van der Waals surface area contributed by atoms with Crippen molar-refractivity contribution in [1.82, 2.24) is 0 Å². The molecule has 0 spiro atoms. The minimum absolute atomic E-state index is 0.0450. The molecule has 37 heavy (non-hydrogen) atoms. The molecule has 4 aromatic rings. The molecule has 1 N–H and O–H groups in total. The van der Waals surface area contributed by atoms with Crippen LogP contribution in [0.4, 0.5) is 5.69 Å². The van der Waals surface area contributed by atoms with Gasteiger partial charge in [-0.15, -0.1) is 0 Å². The van der Waals surface area contributed by atoms with Crippen LogP contribution in [0.1, 0.15) is 66.6 Å². The predicted octanol–water partition coefficient (Wildman–Crippen LogP) is 8.11. The highest BCUT2D eigenvalue weighted by molar-refractivity contribution is 5.98. The fourth-order valence-corrected chi connectivity index (χ4v) is 4.91. The third kappa shape index (κ3) is 6.06. The molecule has 3 nitrogen and oxygen atoms in total. The number of amides is 1. The van der Waals surface area contributed by atoms with E-state index in [0.717, 1.165) is 22.4 Å². The van der Waals surface area contributed by atoms with Gasteiger partial charge in [0.25, 0.3) is 0 Å². The van der Waals surface area contributed by atoms with E-state index in [1.807, 2.05) is 113 Å². The Morgan fingerprint density at radius 1 is 0.649 bits per heavy atom. The first-order chi connectivity index (χ1) is 17.8. The van der Waals surface area contributed by atoms with Gasteiger partial charge in [0.1, 0.15) is 0 Å². The second-order valence-electron chi connectivity index (χ2n) is 10.6. The SMILES string of the molecule is C[C@@H](C(=O)c1ccccc1)[C@H](c1ccccc1)[C@@H](c1ccccc1)c1ccccc1NC(=O)C(C)(C)C. The second kappa shape index (κ2) is 11.4. The number of hydrogen-bond acceptors (Lipinski definition) is 2. The Morgan fingerprint density at radius 2 is 1.14 bits per heavy atom. The van der Waals surface area contributed by atoms with Gasteiger partial charge in [-0.25, -0.2) is 0 Å². The van der Waals surface area contributed by atoms with Gasteiger partial charge in [0.15, 0.2) is 5.78 Å². The van der Waals surface area contributed by atoms with Crippen LogP contribution in [0.5, 0.6) is 0 Å². The number of benzene rings is 4. The summed E-state index contributed by atoms with van der Waals surface area (Å²) in [5, 5.41) is 3.18. The van der Waals surface area contributed by atoms with E-state index in [-0.39, 0.29) is 29.4 Å². The van der Waals surface area contributed by atoms with Crippen molar-refractivity contribution in [3.63, 3.8) is 0 Å². The highest BCUT2D eigenvalue weighted by Gasteiger charge is 2.36. The van der Waals surface area contributed by atoms with Gasteiger partial charge in [0.2, 0.25) is 5.91 Å². The number of ketones is 1. The lowest BCUT2D eigenvalue weighted by molar-refractivity contribution is -0.123. The molecule has 3 atom stereocenters. The normalized spacial score (nSPS) is 13.8. The zero-order valence-electron chi connectivity index (χ0n) is 22.0. The zero-order chi connectivity index (χ0) is 26.4. The van der Waals surface area contributed by atoms with Crippen LogP contribution in [0.25, 0.3) is 0 Å². The molecule has 0 aliphatic heterocycles. The maximum absolute atomic E-state index is 13.9. The van der Waals surface area contributed by atoms with Crippen molar-refractivity contribution in [2.45, 2.75) is 39.5 Å². The molecule has 4 aromatic carbocycles. The summed E-state index contributed by atoms with van der Waals surface area (Å²) in [7, 11) is 0. The first-order valence-electron chi connectivity index (χ1n) is 12.9. The predicted molar refractivity (Wildman–Crippen MR) is 152 cm³/mol. The third-order valence-electron chi connectivity index (χ3n) is 6.94. The fourth-order valence-electron chi connectivity index (χ4n) is 4.91. The topological polar surface area (TPSA) is 46.2 Å². The van der Waals surface area contributed by atoms with Gasteiger partial charge in [-0.1, -0.05) is 137 Å². The minimum atomic E-state index is -0.537. The summed E-state index contributed by atoms with van der Waals surface area (Å²) in [6.07, 6.45) is 0. The van der Waals surface area contributed by atoms with Crippen LogP contribution in [-0.4, -0.2) is 11.7 Å². The average molecular weight is 490 g/mol. The van der Waals surface area contributed by atoms with E-state index in [9.17, 15) is 9.59 Å². The van der Waals surface area contributed by atoms with E-state index in [1.165, 1.54) is 0 Å². The summed E-state index contributed by atoms with van der Waals surface area (Å²) in [4.78, 5) is 26.9. The van der Waals surface area contributed by atoms with Crippen molar-refractivity contribution in [3.05, 3.63) is 138 Å². The number of para-hydroxylation sites is 1. The van der Waals surface area contributed by atoms with Gasteiger partial charge >= 0.3 is 0 Å². The molecular formula is C34H35NO2. The van der Waals surface area contributed by atoms with Crippen molar-refractivity contribution in [1.29, 1.82) is 0 Å². The molecule has 3 heteroatoms. The number of carbonyl (C=O) groups excluding carboxylic acids is 2. The molecule has 0 unspecified atom stereocenters. The molecule has 0 bridgehead atoms. The lowest BCUT2D eigenvalue weighted by atomic mass is 9.69. The first kappa shape index (κ1) is 26.1. The van der Waals surface area contributed by atoms with Crippen molar-refractivity contribution in [2.24, 2.45) is 11.3 Å². The van der Waals surface area contributed by atoms with Gasteiger partial charge < -0.3 is 5.32 Å². The molecule has 4 rings (SSSR count). The fraction of sp³-hybridized carbons (Fsp3) is 0.235. The van der Waals surface area contributed by atoms with Crippen LogP contribution < -0.4 is 5.32 Å². The van der Waals surface area contributed by atoms with Crippen LogP contribution in [-0.2, 0) is 4.79 Å². The van der Waals surface area contributed by atoms with Crippen LogP contribution >= 0.6 is 0 Å². The summed E-state index contributed by atoms with van der Waals surface area (Å²) in [6.45, 7) is 7.76. The third-order valence-corrected chi connectivity index (χ3v) is 6.94. The van der Waals surface area contributed by atoms with Crippen LogP contribution in [0.15, 0.2) is 115 Å². The molecule has 0 saturated heterocycles. The Hall–Kier alpha value is -3.98. The molecule has 0 aliphatic rings. The van der Waals surface area contributed by atoms with E-state index in [1.54, 1.807) is 0 Å². The summed E-state index contributed by atoms with van der Waals surface area (Å²) in [5.41, 5.74) is 4.12. The number of rotatable bonds is 8. The van der Waals surface area contributed by atoms with E-state index in [0.29, 0.717) is 5.56 Å². The number of hydrogen-bond donors (Lipinski definition) is 1. The highest BCUT2D eigenvalue weighted by Crippen LogP contribution is 2.46. The van der Waals surface area contributed by atoms with Crippen LogP contribution in [0.3, 0.4) is 0 Å². The number of anilines is 1. The van der Waals surface area contributed by atoms with Crippen molar-refractivity contribution in [2.75, 3.05) is 5.32 Å². The minimum Gasteiger partial charge on any atom is -0.325 e.